The van der Waals surface area contributed by atoms with Gasteiger partial charge in [0, 0.05) is 6.20 Å². The number of fused-ring (bicyclic) bond motifs is 1. The van der Waals surface area contributed by atoms with E-state index in [1.807, 2.05) is 6.92 Å². The molecule has 0 spiro atoms. The Morgan fingerprint density at radius 2 is 1.79 bits per heavy atom. The molecule has 0 aliphatic rings. The molecule has 0 bridgehead atoms. The summed E-state index contributed by atoms with van der Waals surface area (Å²) in [5.41, 5.74) is 2.52. The number of hydrogen-bond acceptors (Lipinski definition) is 2. The summed E-state index contributed by atoms with van der Waals surface area (Å²) in [7, 11) is 0. The van der Waals surface area contributed by atoms with Crippen molar-refractivity contribution < 1.29 is 0 Å². The van der Waals surface area contributed by atoms with Crippen molar-refractivity contribution >= 4 is 34.2 Å². The van der Waals surface area contributed by atoms with Crippen molar-refractivity contribution in [2.45, 2.75) is 13.3 Å². The second-order valence-corrected chi connectivity index (χ2v) is 3.78. The lowest BCUT2D eigenvalue weighted by Crippen LogP contribution is -1.90. The molecule has 0 aliphatic carbocycles. The van der Waals surface area contributed by atoms with Gasteiger partial charge in [-0.1, -0.05) is 30.1 Å². The van der Waals surface area contributed by atoms with Gasteiger partial charge in [-0.2, -0.15) is 0 Å². The van der Waals surface area contributed by atoms with Crippen molar-refractivity contribution in [2.24, 2.45) is 0 Å². The Kier molecular flexibility index (Phi) is 2.57. The number of halogens is 2. The molecule has 0 amide bonds. The molecule has 0 radical (unpaired) electrons. The number of benzene rings is 1. The van der Waals surface area contributed by atoms with Gasteiger partial charge in [-0.25, -0.2) is 4.98 Å². The first kappa shape index (κ1) is 9.69. The highest BCUT2D eigenvalue weighted by Gasteiger charge is 2.03. The van der Waals surface area contributed by atoms with Crippen LogP contribution in [0.2, 0.25) is 10.0 Å². The molecule has 0 unspecified atom stereocenters. The maximum Gasteiger partial charge on any atom is 0.0906 e. The molecule has 1 aromatic heterocycles. The van der Waals surface area contributed by atoms with Crippen LogP contribution in [0.4, 0.5) is 0 Å². The lowest BCUT2D eigenvalue weighted by atomic mass is 10.2. The number of aryl methyl sites for hydroxylation is 1. The Morgan fingerprint density at radius 1 is 1.14 bits per heavy atom. The Morgan fingerprint density at radius 3 is 2.43 bits per heavy atom. The minimum absolute atomic E-state index is 0.512. The summed E-state index contributed by atoms with van der Waals surface area (Å²) in [4.78, 5) is 8.64. The number of hydrogen-bond donors (Lipinski definition) is 0. The molecule has 0 aliphatic heterocycles. The minimum atomic E-state index is 0.512. The van der Waals surface area contributed by atoms with E-state index in [9.17, 15) is 0 Å². The summed E-state index contributed by atoms with van der Waals surface area (Å²) in [6, 6.07) is 3.47. The minimum Gasteiger partial charge on any atom is -0.253 e. The van der Waals surface area contributed by atoms with Crippen molar-refractivity contribution in [1.82, 2.24) is 9.97 Å². The zero-order valence-corrected chi connectivity index (χ0v) is 9.10. The average molecular weight is 227 g/mol. The number of nitrogens with zero attached hydrogens (tertiary/aromatic N) is 2. The van der Waals surface area contributed by atoms with Crippen LogP contribution in [0.25, 0.3) is 11.0 Å². The third kappa shape index (κ3) is 1.68. The van der Waals surface area contributed by atoms with Gasteiger partial charge in [-0.15, -0.1) is 0 Å². The summed E-state index contributed by atoms with van der Waals surface area (Å²) in [6.07, 6.45) is 2.62. The predicted molar refractivity (Wildman–Crippen MR) is 58.9 cm³/mol. The van der Waals surface area contributed by atoms with Gasteiger partial charge in [0.05, 0.1) is 26.8 Å². The highest BCUT2D eigenvalue weighted by Crippen LogP contribution is 2.25. The van der Waals surface area contributed by atoms with E-state index in [-0.39, 0.29) is 0 Å². The fourth-order valence-electron chi connectivity index (χ4n) is 1.22. The molecule has 0 fully saturated rings. The fourth-order valence-corrected chi connectivity index (χ4v) is 1.53. The van der Waals surface area contributed by atoms with E-state index in [0.29, 0.717) is 10.0 Å². The van der Waals surface area contributed by atoms with Crippen molar-refractivity contribution in [2.75, 3.05) is 0 Å². The van der Waals surface area contributed by atoms with E-state index >= 15 is 0 Å². The van der Waals surface area contributed by atoms with Gasteiger partial charge in [0.25, 0.3) is 0 Å². The van der Waals surface area contributed by atoms with Crippen LogP contribution in [0.1, 0.15) is 12.6 Å². The van der Waals surface area contributed by atoms with Crippen molar-refractivity contribution in [3.63, 3.8) is 0 Å². The molecule has 2 aromatic rings. The second kappa shape index (κ2) is 3.71. The molecule has 2 nitrogen and oxygen atoms in total. The van der Waals surface area contributed by atoms with Crippen molar-refractivity contribution in [1.29, 1.82) is 0 Å². The standard InChI is InChI=1S/C10H8Cl2N2/c1-2-6-5-13-9-3-7(11)8(12)4-10(9)14-6/h3-5H,2H2,1H3. The van der Waals surface area contributed by atoms with E-state index in [1.54, 1.807) is 18.3 Å². The van der Waals surface area contributed by atoms with Crippen LogP contribution in [0.15, 0.2) is 18.3 Å². The van der Waals surface area contributed by atoms with Gasteiger partial charge in [-0.3, -0.25) is 4.98 Å². The summed E-state index contributed by atoms with van der Waals surface area (Å²) in [6.45, 7) is 2.04. The zero-order chi connectivity index (χ0) is 10.1. The quantitative estimate of drug-likeness (QED) is 0.745. The third-order valence-electron chi connectivity index (χ3n) is 2.00. The largest absolute Gasteiger partial charge is 0.253 e. The second-order valence-electron chi connectivity index (χ2n) is 2.97. The number of rotatable bonds is 1. The van der Waals surface area contributed by atoms with Crippen LogP contribution in [-0.4, -0.2) is 9.97 Å². The van der Waals surface area contributed by atoms with E-state index in [1.165, 1.54) is 0 Å². The Balaban J connectivity index is 2.70. The van der Waals surface area contributed by atoms with Gasteiger partial charge in [-0.05, 0) is 18.6 Å². The first-order chi connectivity index (χ1) is 6.70. The van der Waals surface area contributed by atoms with Gasteiger partial charge >= 0.3 is 0 Å². The molecular weight excluding hydrogens is 219 g/mol. The predicted octanol–water partition coefficient (Wildman–Crippen LogP) is 3.50. The Hall–Kier alpha value is -0.860. The van der Waals surface area contributed by atoms with Crippen molar-refractivity contribution in [3.05, 3.63) is 34.1 Å². The van der Waals surface area contributed by atoms with Gasteiger partial charge in [0.1, 0.15) is 0 Å². The molecule has 0 atom stereocenters. The molecule has 0 saturated heterocycles. The van der Waals surface area contributed by atoms with Crippen molar-refractivity contribution in [3.8, 4) is 0 Å². The average Bonchev–Trinajstić information content (AvgIpc) is 2.19. The van der Waals surface area contributed by atoms with Crippen LogP contribution < -0.4 is 0 Å². The maximum atomic E-state index is 5.88. The van der Waals surface area contributed by atoms with Gasteiger partial charge in [0.2, 0.25) is 0 Å². The van der Waals surface area contributed by atoms with E-state index < -0.39 is 0 Å². The summed E-state index contributed by atoms with van der Waals surface area (Å²) in [5, 5.41) is 1.03. The molecule has 0 saturated carbocycles. The first-order valence-corrected chi connectivity index (χ1v) is 5.07. The first-order valence-electron chi connectivity index (χ1n) is 4.31. The van der Waals surface area contributed by atoms with Crippen LogP contribution in [-0.2, 0) is 6.42 Å². The molecule has 14 heavy (non-hydrogen) atoms. The smallest absolute Gasteiger partial charge is 0.0906 e. The van der Waals surface area contributed by atoms with Crippen LogP contribution in [0.5, 0.6) is 0 Å². The lowest BCUT2D eigenvalue weighted by Gasteiger charge is -2.01. The highest BCUT2D eigenvalue weighted by atomic mass is 35.5. The Bertz CT molecular complexity index is 483. The maximum absolute atomic E-state index is 5.88. The van der Waals surface area contributed by atoms with Gasteiger partial charge < -0.3 is 0 Å². The SMILES string of the molecule is CCc1cnc2cc(Cl)c(Cl)cc2n1. The number of aromatic nitrogens is 2. The molecule has 1 aromatic carbocycles. The highest BCUT2D eigenvalue weighted by molar-refractivity contribution is 6.42. The molecular formula is C10H8Cl2N2. The molecule has 1 heterocycles. The molecule has 4 heteroatoms. The van der Waals surface area contributed by atoms with E-state index in [0.717, 1.165) is 23.1 Å². The van der Waals surface area contributed by atoms with Gasteiger partial charge in [0.15, 0.2) is 0 Å². The fraction of sp³-hybridized carbons (Fsp3) is 0.200. The molecule has 72 valence electrons. The molecule has 0 N–H and O–H groups in total. The summed E-state index contributed by atoms with van der Waals surface area (Å²) in [5.74, 6) is 0. The van der Waals surface area contributed by atoms with Crippen LogP contribution in [0.3, 0.4) is 0 Å². The summed E-state index contributed by atoms with van der Waals surface area (Å²) < 4.78 is 0. The third-order valence-corrected chi connectivity index (χ3v) is 2.72. The topological polar surface area (TPSA) is 25.8 Å². The summed E-state index contributed by atoms with van der Waals surface area (Å²) >= 11 is 11.7. The Labute approximate surface area is 91.9 Å². The van der Waals surface area contributed by atoms with Crippen LogP contribution >= 0.6 is 23.2 Å². The van der Waals surface area contributed by atoms with E-state index in [4.69, 9.17) is 23.2 Å². The monoisotopic (exact) mass is 226 g/mol. The molecule has 2 rings (SSSR count). The normalized spacial score (nSPS) is 10.8. The van der Waals surface area contributed by atoms with E-state index in [2.05, 4.69) is 9.97 Å². The van der Waals surface area contributed by atoms with Crippen LogP contribution in [0, 0.1) is 0 Å². The zero-order valence-electron chi connectivity index (χ0n) is 7.59. The lowest BCUT2D eigenvalue weighted by molar-refractivity contribution is 1.03.